The second-order valence-electron chi connectivity index (χ2n) is 7.01. The van der Waals surface area contributed by atoms with Crippen molar-refractivity contribution in [3.05, 3.63) is 29.8 Å². The summed E-state index contributed by atoms with van der Waals surface area (Å²) in [7, 11) is 0. The molecule has 1 aromatic rings. The number of hydrogen-bond donors (Lipinski definition) is 0. The Balaban J connectivity index is 1.50. The average Bonchev–Trinajstić information content (AvgIpc) is 3.25. The van der Waals surface area contributed by atoms with E-state index in [2.05, 4.69) is 4.74 Å². The number of piperazine rings is 1. The summed E-state index contributed by atoms with van der Waals surface area (Å²) in [6, 6.07) is 5.44. The SMILES string of the molecule is O=C(C(=O)N1CCN(C(=O)c2ccc(OCC(F)(F)F)cc2)CC1)N1CCCC1. The molecule has 29 heavy (non-hydrogen) atoms. The van der Waals surface area contributed by atoms with Crippen LogP contribution in [0.5, 0.6) is 5.75 Å². The third-order valence-electron chi connectivity index (χ3n) is 4.93. The number of ether oxygens (including phenoxy) is 1. The van der Waals surface area contributed by atoms with Crippen LogP contribution in [0, 0.1) is 0 Å². The molecule has 0 unspecified atom stereocenters. The van der Waals surface area contributed by atoms with E-state index >= 15 is 0 Å². The third-order valence-corrected chi connectivity index (χ3v) is 4.93. The maximum absolute atomic E-state index is 12.6. The van der Waals surface area contributed by atoms with Crippen LogP contribution < -0.4 is 4.74 Å². The van der Waals surface area contributed by atoms with E-state index < -0.39 is 24.6 Å². The van der Waals surface area contributed by atoms with Gasteiger partial charge in [0.15, 0.2) is 6.61 Å². The lowest BCUT2D eigenvalue weighted by Crippen LogP contribution is -2.54. The fraction of sp³-hybridized carbons (Fsp3) is 0.526. The summed E-state index contributed by atoms with van der Waals surface area (Å²) in [4.78, 5) is 41.7. The fourth-order valence-corrected chi connectivity index (χ4v) is 3.34. The molecule has 10 heteroatoms. The molecule has 1 aromatic carbocycles. The topological polar surface area (TPSA) is 70.2 Å². The van der Waals surface area contributed by atoms with Gasteiger partial charge in [0.25, 0.3) is 5.91 Å². The maximum Gasteiger partial charge on any atom is 0.422 e. The van der Waals surface area contributed by atoms with E-state index in [-0.39, 0.29) is 37.8 Å². The summed E-state index contributed by atoms with van der Waals surface area (Å²) >= 11 is 0. The summed E-state index contributed by atoms with van der Waals surface area (Å²) in [5.41, 5.74) is 0.317. The van der Waals surface area contributed by atoms with E-state index in [0.29, 0.717) is 18.7 Å². The van der Waals surface area contributed by atoms with Crippen LogP contribution >= 0.6 is 0 Å². The molecule has 0 bridgehead atoms. The highest BCUT2D eigenvalue weighted by Crippen LogP contribution is 2.20. The van der Waals surface area contributed by atoms with Gasteiger partial charge in [-0.2, -0.15) is 13.2 Å². The predicted octanol–water partition coefficient (Wildman–Crippen LogP) is 1.53. The molecule has 2 heterocycles. The Morgan fingerprint density at radius 3 is 1.79 bits per heavy atom. The molecule has 0 N–H and O–H groups in total. The van der Waals surface area contributed by atoms with Crippen molar-refractivity contribution in [1.29, 1.82) is 0 Å². The lowest BCUT2D eigenvalue weighted by atomic mass is 10.1. The summed E-state index contributed by atoms with van der Waals surface area (Å²) in [6.07, 6.45) is -2.62. The quantitative estimate of drug-likeness (QED) is 0.705. The first-order valence-corrected chi connectivity index (χ1v) is 9.42. The van der Waals surface area contributed by atoms with Gasteiger partial charge in [-0.3, -0.25) is 14.4 Å². The van der Waals surface area contributed by atoms with Crippen molar-refractivity contribution in [2.45, 2.75) is 19.0 Å². The zero-order valence-electron chi connectivity index (χ0n) is 15.8. The van der Waals surface area contributed by atoms with Crippen molar-refractivity contribution in [3.63, 3.8) is 0 Å². The minimum absolute atomic E-state index is 0.0229. The number of hydrogen-bond acceptors (Lipinski definition) is 4. The Labute approximate surface area is 166 Å². The summed E-state index contributed by atoms with van der Waals surface area (Å²) < 4.78 is 41.2. The van der Waals surface area contributed by atoms with Gasteiger partial charge in [-0.05, 0) is 37.1 Å². The molecule has 0 atom stereocenters. The van der Waals surface area contributed by atoms with Gasteiger partial charge in [-0.1, -0.05) is 0 Å². The molecule has 2 aliphatic heterocycles. The Kier molecular flexibility index (Phi) is 6.29. The Morgan fingerprint density at radius 2 is 1.28 bits per heavy atom. The maximum atomic E-state index is 12.6. The third kappa shape index (κ3) is 5.39. The summed E-state index contributed by atoms with van der Waals surface area (Å²) in [5, 5.41) is 0. The van der Waals surface area contributed by atoms with Crippen LogP contribution in [0.15, 0.2) is 24.3 Å². The number of alkyl halides is 3. The number of amides is 3. The molecule has 158 valence electrons. The molecule has 3 rings (SSSR count). The van der Waals surface area contributed by atoms with Gasteiger partial charge in [0.2, 0.25) is 0 Å². The van der Waals surface area contributed by atoms with Gasteiger partial charge < -0.3 is 19.4 Å². The Morgan fingerprint density at radius 1 is 0.793 bits per heavy atom. The van der Waals surface area contributed by atoms with E-state index in [1.807, 2.05) is 0 Å². The van der Waals surface area contributed by atoms with E-state index in [1.165, 1.54) is 29.2 Å². The highest BCUT2D eigenvalue weighted by molar-refractivity contribution is 6.35. The molecule has 3 amide bonds. The highest BCUT2D eigenvalue weighted by atomic mass is 19.4. The summed E-state index contributed by atoms with van der Waals surface area (Å²) in [6.45, 7) is 0.895. The standard InChI is InChI=1S/C19H22F3N3O4/c20-19(21,22)13-29-15-5-3-14(4-6-15)16(26)24-9-11-25(12-10-24)18(28)17(27)23-7-1-2-8-23/h3-6H,1-2,7-13H2. The van der Waals surface area contributed by atoms with Crippen LogP contribution in [0.1, 0.15) is 23.2 Å². The van der Waals surface area contributed by atoms with Gasteiger partial charge in [0.05, 0.1) is 0 Å². The van der Waals surface area contributed by atoms with Crippen LogP contribution in [0.4, 0.5) is 13.2 Å². The second kappa shape index (κ2) is 8.71. The number of halogens is 3. The largest absolute Gasteiger partial charge is 0.484 e. The van der Waals surface area contributed by atoms with Crippen molar-refractivity contribution >= 4 is 17.7 Å². The monoisotopic (exact) mass is 413 g/mol. The van der Waals surface area contributed by atoms with Crippen molar-refractivity contribution < 1.29 is 32.3 Å². The smallest absolute Gasteiger partial charge is 0.422 e. The number of carbonyl (C=O) groups excluding carboxylic acids is 3. The first kappa shape index (κ1) is 20.9. The highest BCUT2D eigenvalue weighted by Gasteiger charge is 2.32. The normalized spacial score (nSPS) is 17.4. The predicted molar refractivity (Wildman–Crippen MR) is 96.3 cm³/mol. The van der Waals surface area contributed by atoms with Gasteiger partial charge in [0.1, 0.15) is 5.75 Å². The van der Waals surface area contributed by atoms with Crippen molar-refractivity contribution in [2.75, 3.05) is 45.9 Å². The average molecular weight is 413 g/mol. The molecule has 2 fully saturated rings. The first-order valence-electron chi connectivity index (χ1n) is 9.42. The summed E-state index contributed by atoms with van der Waals surface area (Å²) in [5.74, 6) is -1.29. The van der Waals surface area contributed by atoms with Crippen LogP contribution in [-0.4, -0.2) is 84.5 Å². The van der Waals surface area contributed by atoms with Crippen LogP contribution in [0.2, 0.25) is 0 Å². The molecular formula is C19H22F3N3O4. The molecule has 0 aromatic heterocycles. The van der Waals surface area contributed by atoms with Crippen molar-refractivity contribution in [3.8, 4) is 5.75 Å². The molecule has 2 saturated heterocycles. The van der Waals surface area contributed by atoms with Crippen LogP contribution in [0.25, 0.3) is 0 Å². The number of carbonyl (C=O) groups is 3. The van der Waals surface area contributed by atoms with E-state index in [0.717, 1.165) is 12.8 Å². The molecule has 0 radical (unpaired) electrons. The molecule has 0 spiro atoms. The number of likely N-dealkylation sites (tertiary alicyclic amines) is 1. The van der Waals surface area contributed by atoms with Crippen molar-refractivity contribution in [2.24, 2.45) is 0 Å². The molecule has 7 nitrogen and oxygen atoms in total. The fourth-order valence-electron chi connectivity index (χ4n) is 3.34. The minimum Gasteiger partial charge on any atom is -0.484 e. The molecular weight excluding hydrogens is 391 g/mol. The molecule has 2 aliphatic rings. The van der Waals surface area contributed by atoms with Gasteiger partial charge in [-0.25, -0.2) is 0 Å². The minimum atomic E-state index is -4.43. The number of rotatable bonds is 3. The zero-order chi connectivity index (χ0) is 21.0. The van der Waals surface area contributed by atoms with Crippen molar-refractivity contribution in [1.82, 2.24) is 14.7 Å². The Bertz CT molecular complexity index is 753. The number of benzene rings is 1. The number of nitrogens with zero attached hydrogens (tertiary/aromatic N) is 3. The lowest BCUT2D eigenvalue weighted by Gasteiger charge is -2.35. The zero-order valence-corrected chi connectivity index (χ0v) is 15.8. The van der Waals surface area contributed by atoms with Gasteiger partial charge >= 0.3 is 18.0 Å². The second-order valence-corrected chi connectivity index (χ2v) is 7.01. The van der Waals surface area contributed by atoms with Gasteiger partial charge in [-0.15, -0.1) is 0 Å². The first-order chi connectivity index (χ1) is 13.7. The Hall–Kier alpha value is -2.78. The van der Waals surface area contributed by atoms with Crippen LogP contribution in [-0.2, 0) is 9.59 Å². The van der Waals surface area contributed by atoms with E-state index in [1.54, 1.807) is 9.80 Å². The van der Waals surface area contributed by atoms with Crippen LogP contribution in [0.3, 0.4) is 0 Å². The van der Waals surface area contributed by atoms with E-state index in [9.17, 15) is 27.6 Å². The van der Waals surface area contributed by atoms with E-state index in [4.69, 9.17) is 0 Å². The molecule has 0 aliphatic carbocycles. The van der Waals surface area contributed by atoms with Gasteiger partial charge in [0, 0.05) is 44.8 Å². The lowest BCUT2D eigenvalue weighted by molar-refractivity contribution is -0.153. The molecule has 0 saturated carbocycles.